The molecule has 1 heterocycles. The zero-order chi connectivity index (χ0) is 13.1. The van der Waals surface area contributed by atoms with Crippen LogP contribution in [0.25, 0.3) is 0 Å². The Morgan fingerprint density at radius 2 is 2.12 bits per heavy atom. The normalized spacial score (nSPS) is 16.6. The number of allylic oxidation sites excluding steroid dienone is 1. The van der Waals surface area contributed by atoms with Crippen molar-refractivity contribution >= 4 is 11.9 Å². The molecule has 0 atom stereocenters. The van der Waals surface area contributed by atoms with Crippen LogP contribution < -0.4 is 5.48 Å². The highest BCUT2D eigenvalue weighted by molar-refractivity contribution is 5.96. The Bertz CT molecular complexity index is 344. The van der Waals surface area contributed by atoms with E-state index in [1.807, 2.05) is 0 Å². The summed E-state index contributed by atoms with van der Waals surface area (Å²) >= 11 is 0. The minimum atomic E-state index is -0.554. The Labute approximate surface area is 101 Å². The number of hydroxylamine groups is 1. The molecule has 1 N–H and O–H groups in total. The lowest BCUT2D eigenvalue weighted by atomic mass is 10.1. The van der Waals surface area contributed by atoms with Crippen molar-refractivity contribution in [3.63, 3.8) is 0 Å². The molecule has 0 radical (unpaired) electrons. The van der Waals surface area contributed by atoms with Gasteiger partial charge in [-0.25, -0.2) is 4.79 Å². The molecule has 17 heavy (non-hydrogen) atoms. The van der Waals surface area contributed by atoms with Crippen LogP contribution in [0.4, 0.5) is 4.79 Å². The maximum atomic E-state index is 11.7. The number of ether oxygens (including phenoxy) is 1. The van der Waals surface area contributed by atoms with Crippen LogP contribution in [0, 0.1) is 0 Å². The van der Waals surface area contributed by atoms with E-state index in [4.69, 9.17) is 4.74 Å². The first-order valence-electron chi connectivity index (χ1n) is 5.37. The van der Waals surface area contributed by atoms with Gasteiger partial charge in [0.1, 0.15) is 11.3 Å². The van der Waals surface area contributed by atoms with Gasteiger partial charge in [0.05, 0.1) is 7.11 Å². The largest absolute Gasteiger partial charge is 0.443 e. The third kappa shape index (κ3) is 4.07. The summed E-state index contributed by atoms with van der Waals surface area (Å²) in [5.41, 5.74) is 2.14. The van der Waals surface area contributed by atoms with Crippen molar-refractivity contribution in [1.82, 2.24) is 10.4 Å². The SMILES string of the molecule is CONC1=CN(C(=O)OC(C)(C)C)CCC1=O. The monoisotopic (exact) mass is 242 g/mol. The average Bonchev–Trinajstić information content (AvgIpc) is 2.19. The van der Waals surface area contributed by atoms with Gasteiger partial charge in [-0.2, -0.15) is 0 Å². The molecule has 0 aromatic carbocycles. The molecule has 0 saturated heterocycles. The molecule has 0 unspecified atom stereocenters. The Kier molecular flexibility index (Phi) is 4.11. The third-order valence-corrected chi connectivity index (χ3v) is 2.01. The molecule has 0 saturated carbocycles. The van der Waals surface area contributed by atoms with Crippen molar-refractivity contribution in [2.75, 3.05) is 13.7 Å². The van der Waals surface area contributed by atoms with E-state index >= 15 is 0 Å². The summed E-state index contributed by atoms with van der Waals surface area (Å²) in [6.07, 6.45) is 1.19. The Balaban J connectivity index is 2.72. The first-order valence-corrected chi connectivity index (χ1v) is 5.37. The number of ketones is 1. The lowest BCUT2D eigenvalue weighted by Crippen LogP contribution is -2.39. The Hall–Kier alpha value is -1.56. The van der Waals surface area contributed by atoms with E-state index in [0.29, 0.717) is 6.54 Å². The summed E-state index contributed by atoms with van der Waals surface area (Å²) in [4.78, 5) is 29.2. The highest BCUT2D eigenvalue weighted by Gasteiger charge is 2.26. The molecule has 1 aliphatic rings. The quantitative estimate of drug-likeness (QED) is 0.737. The number of nitrogens with zero attached hydrogens (tertiary/aromatic N) is 1. The van der Waals surface area contributed by atoms with Crippen molar-refractivity contribution in [1.29, 1.82) is 0 Å². The van der Waals surface area contributed by atoms with E-state index in [1.54, 1.807) is 20.8 Å². The number of Topliss-reactive ketones (excluding diaryl/α,β-unsaturated/α-hetero) is 1. The van der Waals surface area contributed by atoms with Crippen LogP contribution >= 0.6 is 0 Å². The zero-order valence-electron chi connectivity index (χ0n) is 10.6. The van der Waals surface area contributed by atoms with Crippen LogP contribution in [-0.2, 0) is 14.4 Å². The summed E-state index contributed by atoms with van der Waals surface area (Å²) in [6, 6.07) is 0. The van der Waals surface area contributed by atoms with Gasteiger partial charge < -0.3 is 4.74 Å². The van der Waals surface area contributed by atoms with Gasteiger partial charge in [0, 0.05) is 19.2 Å². The van der Waals surface area contributed by atoms with Crippen LogP contribution in [0.1, 0.15) is 27.2 Å². The molecule has 0 fully saturated rings. The van der Waals surface area contributed by atoms with Gasteiger partial charge in [-0.1, -0.05) is 0 Å². The maximum Gasteiger partial charge on any atom is 0.414 e. The number of carbonyl (C=O) groups is 2. The number of hydrogen-bond donors (Lipinski definition) is 1. The summed E-state index contributed by atoms with van der Waals surface area (Å²) in [6.45, 7) is 5.69. The molecule has 1 amide bonds. The van der Waals surface area contributed by atoms with E-state index in [0.717, 1.165) is 0 Å². The van der Waals surface area contributed by atoms with Crippen LogP contribution in [0.3, 0.4) is 0 Å². The van der Waals surface area contributed by atoms with Crippen LogP contribution in [0.5, 0.6) is 0 Å². The molecule has 0 bridgehead atoms. The Morgan fingerprint density at radius 1 is 1.47 bits per heavy atom. The lowest BCUT2D eigenvalue weighted by molar-refractivity contribution is -0.118. The average molecular weight is 242 g/mol. The van der Waals surface area contributed by atoms with E-state index in [1.165, 1.54) is 18.2 Å². The summed E-state index contributed by atoms with van der Waals surface area (Å²) in [7, 11) is 1.40. The van der Waals surface area contributed by atoms with Crippen molar-refractivity contribution < 1.29 is 19.2 Å². The van der Waals surface area contributed by atoms with Crippen LogP contribution in [0.2, 0.25) is 0 Å². The second kappa shape index (κ2) is 5.18. The predicted molar refractivity (Wildman–Crippen MR) is 60.8 cm³/mol. The van der Waals surface area contributed by atoms with Gasteiger partial charge in [0.25, 0.3) is 0 Å². The number of carbonyl (C=O) groups excluding carboxylic acids is 2. The number of nitrogens with one attached hydrogen (secondary N) is 1. The molecule has 0 aromatic heterocycles. The second-order valence-electron chi connectivity index (χ2n) is 4.70. The number of rotatable bonds is 2. The van der Waals surface area contributed by atoms with Crippen molar-refractivity contribution in [2.24, 2.45) is 0 Å². The molecule has 96 valence electrons. The van der Waals surface area contributed by atoms with Gasteiger partial charge in [-0.15, -0.1) is 0 Å². The maximum absolute atomic E-state index is 11.7. The van der Waals surface area contributed by atoms with Gasteiger partial charge in [-0.3, -0.25) is 20.0 Å². The first-order chi connectivity index (χ1) is 7.83. The van der Waals surface area contributed by atoms with Crippen LogP contribution in [0.15, 0.2) is 11.9 Å². The smallest absolute Gasteiger partial charge is 0.414 e. The molecule has 0 spiro atoms. The van der Waals surface area contributed by atoms with Crippen molar-refractivity contribution in [2.45, 2.75) is 32.8 Å². The zero-order valence-corrected chi connectivity index (χ0v) is 10.6. The van der Waals surface area contributed by atoms with Gasteiger partial charge in [0.15, 0.2) is 5.78 Å². The van der Waals surface area contributed by atoms with Crippen LogP contribution in [-0.4, -0.2) is 36.0 Å². The molecule has 6 nitrogen and oxygen atoms in total. The number of hydrogen-bond acceptors (Lipinski definition) is 5. The molecule has 1 rings (SSSR count). The van der Waals surface area contributed by atoms with E-state index < -0.39 is 11.7 Å². The fraction of sp³-hybridized carbons (Fsp3) is 0.636. The molecule has 6 heteroatoms. The Morgan fingerprint density at radius 3 is 2.65 bits per heavy atom. The fourth-order valence-corrected chi connectivity index (χ4v) is 1.31. The minimum Gasteiger partial charge on any atom is -0.443 e. The molecule has 0 aliphatic carbocycles. The summed E-state index contributed by atoms with van der Waals surface area (Å²) in [5, 5.41) is 0. The molecular weight excluding hydrogens is 224 g/mol. The van der Waals surface area contributed by atoms with Gasteiger partial charge in [0.2, 0.25) is 0 Å². The number of amides is 1. The molecule has 0 aromatic rings. The summed E-state index contributed by atoms with van der Waals surface area (Å²) < 4.78 is 5.20. The van der Waals surface area contributed by atoms with Crippen molar-refractivity contribution in [3.8, 4) is 0 Å². The second-order valence-corrected chi connectivity index (χ2v) is 4.70. The molecule has 1 aliphatic heterocycles. The van der Waals surface area contributed by atoms with Gasteiger partial charge >= 0.3 is 6.09 Å². The molecular formula is C11H18N2O4. The van der Waals surface area contributed by atoms with Gasteiger partial charge in [-0.05, 0) is 20.8 Å². The fourth-order valence-electron chi connectivity index (χ4n) is 1.31. The third-order valence-electron chi connectivity index (χ3n) is 2.01. The summed E-state index contributed by atoms with van der Waals surface area (Å²) in [5.74, 6) is -0.0911. The highest BCUT2D eigenvalue weighted by Crippen LogP contribution is 2.14. The lowest BCUT2D eigenvalue weighted by Gasteiger charge is -2.27. The highest BCUT2D eigenvalue weighted by atomic mass is 16.6. The topological polar surface area (TPSA) is 67.9 Å². The van der Waals surface area contributed by atoms with E-state index in [2.05, 4.69) is 10.3 Å². The van der Waals surface area contributed by atoms with E-state index in [9.17, 15) is 9.59 Å². The minimum absolute atomic E-state index is 0.0911. The predicted octanol–water partition coefficient (Wildman–Crippen LogP) is 1.19. The first kappa shape index (κ1) is 13.5. The van der Waals surface area contributed by atoms with E-state index in [-0.39, 0.29) is 17.9 Å². The standard InChI is InChI=1S/C11H18N2O4/c1-11(2,3)17-10(15)13-6-5-9(14)8(7-13)12-16-4/h7,12H,5-6H2,1-4H3. The van der Waals surface area contributed by atoms with Crippen molar-refractivity contribution in [3.05, 3.63) is 11.9 Å².